The quantitative estimate of drug-likeness (QED) is 0.915. The van der Waals surface area contributed by atoms with Crippen LogP contribution < -0.4 is 0 Å². The number of rotatable bonds is 5. The fraction of sp³-hybridized carbons (Fsp3) is 0.381. The van der Waals surface area contributed by atoms with Crippen LogP contribution in [-0.2, 0) is 17.9 Å². The Kier molecular flexibility index (Phi) is 3.69. The molecule has 5 rings (SSSR count). The van der Waals surface area contributed by atoms with Crippen molar-refractivity contribution in [1.82, 2.24) is 4.90 Å². The first kappa shape index (κ1) is 15.4. The molecule has 0 unspecified atom stereocenters. The molecule has 0 atom stereocenters. The van der Waals surface area contributed by atoms with Gasteiger partial charge in [-0.15, -0.1) is 0 Å². The van der Waals surface area contributed by atoms with Crippen LogP contribution in [0, 0.1) is 5.41 Å². The number of hydrogen-bond acceptors (Lipinski definition) is 2. The van der Waals surface area contributed by atoms with Gasteiger partial charge in [-0.2, -0.15) is 0 Å². The fourth-order valence-electron chi connectivity index (χ4n) is 4.43. The summed E-state index contributed by atoms with van der Waals surface area (Å²) in [5, 5.41) is 10.3. The number of fused-ring (bicyclic) bond motifs is 1. The first-order chi connectivity index (χ1) is 11.6. The van der Waals surface area contributed by atoms with E-state index >= 15 is 0 Å². The Morgan fingerprint density at radius 1 is 0.875 bits per heavy atom. The third-order valence-corrected chi connectivity index (χ3v) is 5.58. The summed E-state index contributed by atoms with van der Waals surface area (Å²) in [6.07, 6.45) is 2.86. The minimum atomic E-state index is -0.569. The third kappa shape index (κ3) is 2.73. The van der Waals surface area contributed by atoms with Crippen LogP contribution in [0.2, 0.25) is 0 Å². The Labute approximate surface area is 142 Å². The molecule has 2 aromatic carbocycles. The van der Waals surface area contributed by atoms with Gasteiger partial charge in [-0.3, -0.25) is 4.79 Å². The van der Waals surface area contributed by atoms with E-state index < -0.39 is 5.60 Å². The standard InChI is InChI=1S/C21H23NO2/c23-19(20-11-12-21(24,15-20)16-20)22(13-17-7-3-1-4-8-17)14-18-9-5-2-6-10-18/h1-10,24H,11-16H2. The molecule has 0 aliphatic heterocycles. The van der Waals surface area contributed by atoms with Gasteiger partial charge in [0.25, 0.3) is 0 Å². The van der Waals surface area contributed by atoms with E-state index in [0.29, 0.717) is 25.9 Å². The average molecular weight is 321 g/mol. The lowest BCUT2D eigenvalue weighted by atomic mass is 9.66. The summed E-state index contributed by atoms with van der Waals surface area (Å²) in [4.78, 5) is 15.2. The molecule has 3 nitrogen and oxygen atoms in total. The SMILES string of the molecule is O=C(N(Cc1ccccc1)Cc1ccccc1)C12CCC(O)(C1)C2. The molecule has 2 aromatic rings. The molecule has 3 saturated carbocycles. The van der Waals surface area contributed by atoms with Crippen LogP contribution in [0.5, 0.6) is 0 Å². The second-order valence-corrected chi connectivity index (χ2v) is 7.49. The van der Waals surface area contributed by atoms with Crippen molar-refractivity contribution in [2.24, 2.45) is 5.41 Å². The highest BCUT2D eigenvalue weighted by atomic mass is 16.3. The normalized spacial score (nSPS) is 27.5. The Morgan fingerprint density at radius 2 is 1.38 bits per heavy atom. The monoisotopic (exact) mass is 321 g/mol. The Balaban J connectivity index is 1.57. The van der Waals surface area contributed by atoms with Crippen molar-refractivity contribution >= 4 is 5.91 Å². The third-order valence-electron chi connectivity index (χ3n) is 5.58. The van der Waals surface area contributed by atoms with Gasteiger partial charge in [0.05, 0.1) is 11.0 Å². The predicted octanol–water partition coefficient (Wildman–Crippen LogP) is 3.52. The van der Waals surface area contributed by atoms with Gasteiger partial charge in [0.15, 0.2) is 0 Å². The number of carbonyl (C=O) groups is 1. The molecular formula is C21H23NO2. The number of carbonyl (C=O) groups excluding carboxylic acids is 1. The van der Waals surface area contributed by atoms with Crippen LogP contribution in [0.4, 0.5) is 0 Å². The lowest BCUT2D eigenvalue weighted by molar-refractivity contribution is -0.158. The number of benzene rings is 2. The van der Waals surface area contributed by atoms with Crippen molar-refractivity contribution in [2.75, 3.05) is 0 Å². The molecular weight excluding hydrogens is 298 g/mol. The summed E-state index contributed by atoms with van der Waals surface area (Å²) in [5.41, 5.74) is 1.40. The maximum absolute atomic E-state index is 13.3. The van der Waals surface area contributed by atoms with E-state index in [-0.39, 0.29) is 11.3 Å². The lowest BCUT2D eigenvalue weighted by Gasteiger charge is -2.45. The van der Waals surface area contributed by atoms with Gasteiger partial charge in [0.2, 0.25) is 5.91 Å². The van der Waals surface area contributed by atoms with Crippen molar-refractivity contribution in [3.05, 3.63) is 71.8 Å². The van der Waals surface area contributed by atoms with E-state index in [1.165, 1.54) is 0 Å². The zero-order valence-electron chi connectivity index (χ0n) is 13.8. The molecule has 0 heterocycles. The second-order valence-electron chi connectivity index (χ2n) is 7.49. The summed E-state index contributed by atoms with van der Waals surface area (Å²) in [6.45, 7) is 1.24. The van der Waals surface area contributed by atoms with Crippen molar-refractivity contribution in [2.45, 2.75) is 44.4 Å². The Hall–Kier alpha value is -2.13. The maximum Gasteiger partial charge on any atom is 0.229 e. The summed E-state index contributed by atoms with van der Waals surface area (Å²) < 4.78 is 0. The molecule has 124 valence electrons. The topological polar surface area (TPSA) is 40.5 Å². The molecule has 2 bridgehead atoms. The summed E-state index contributed by atoms with van der Waals surface area (Å²) >= 11 is 0. The molecule has 1 amide bonds. The molecule has 0 radical (unpaired) electrons. The van der Waals surface area contributed by atoms with Gasteiger partial charge < -0.3 is 10.0 Å². The Morgan fingerprint density at radius 3 is 1.79 bits per heavy atom. The van der Waals surface area contributed by atoms with Crippen LogP contribution >= 0.6 is 0 Å². The van der Waals surface area contributed by atoms with Crippen molar-refractivity contribution < 1.29 is 9.90 Å². The van der Waals surface area contributed by atoms with E-state index in [9.17, 15) is 9.90 Å². The van der Waals surface area contributed by atoms with E-state index in [1.54, 1.807) is 0 Å². The Bertz CT molecular complexity index is 679. The summed E-state index contributed by atoms with van der Waals surface area (Å²) in [6, 6.07) is 20.3. The van der Waals surface area contributed by atoms with E-state index in [2.05, 4.69) is 24.3 Å². The number of amides is 1. The minimum absolute atomic E-state index is 0.206. The zero-order chi connectivity index (χ0) is 16.6. The van der Waals surface area contributed by atoms with E-state index in [0.717, 1.165) is 24.0 Å². The first-order valence-electron chi connectivity index (χ1n) is 8.68. The maximum atomic E-state index is 13.3. The molecule has 3 aliphatic rings. The van der Waals surface area contributed by atoms with Crippen LogP contribution in [-0.4, -0.2) is 21.5 Å². The average Bonchev–Trinajstić information content (AvgIpc) is 3.10. The van der Waals surface area contributed by atoms with Crippen LogP contribution in [0.1, 0.15) is 36.8 Å². The molecule has 24 heavy (non-hydrogen) atoms. The molecule has 1 N–H and O–H groups in total. The smallest absolute Gasteiger partial charge is 0.229 e. The molecule has 0 aromatic heterocycles. The first-order valence-corrected chi connectivity index (χ1v) is 8.68. The van der Waals surface area contributed by atoms with E-state index in [1.807, 2.05) is 41.3 Å². The highest BCUT2D eigenvalue weighted by molar-refractivity contribution is 5.85. The summed E-state index contributed by atoms with van der Waals surface area (Å²) in [5.74, 6) is 0.206. The van der Waals surface area contributed by atoms with Gasteiger partial charge >= 0.3 is 0 Å². The van der Waals surface area contributed by atoms with Crippen LogP contribution in [0.15, 0.2) is 60.7 Å². The predicted molar refractivity (Wildman–Crippen MR) is 93.0 cm³/mol. The highest BCUT2D eigenvalue weighted by Crippen LogP contribution is 2.62. The number of hydrogen-bond donors (Lipinski definition) is 1. The lowest BCUT2D eigenvalue weighted by Crippen LogP contribution is -2.52. The van der Waals surface area contributed by atoms with Gasteiger partial charge in [0, 0.05) is 13.1 Å². The van der Waals surface area contributed by atoms with Crippen LogP contribution in [0.25, 0.3) is 0 Å². The molecule has 3 fully saturated rings. The molecule has 0 spiro atoms. The van der Waals surface area contributed by atoms with Crippen molar-refractivity contribution in [1.29, 1.82) is 0 Å². The molecule has 3 aliphatic carbocycles. The van der Waals surface area contributed by atoms with Gasteiger partial charge in [-0.05, 0) is 36.8 Å². The zero-order valence-corrected chi connectivity index (χ0v) is 13.8. The number of nitrogens with zero attached hydrogens (tertiary/aromatic N) is 1. The molecule has 0 saturated heterocycles. The van der Waals surface area contributed by atoms with Gasteiger partial charge in [0.1, 0.15) is 0 Å². The number of aliphatic hydroxyl groups is 1. The van der Waals surface area contributed by atoms with Gasteiger partial charge in [-0.1, -0.05) is 60.7 Å². The largest absolute Gasteiger partial charge is 0.390 e. The summed E-state index contributed by atoms with van der Waals surface area (Å²) in [7, 11) is 0. The highest BCUT2D eigenvalue weighted by Gasteiger charge is 2.64. The minimum Gasteiger partial charge on any atom is -0.390 e. The van der Waals surface area contributed by atoms with E-state index in [4.69, 9.17) is 0 Å². The second kappa shape index (κ2) is 5.75. The fourth-order valence-corrected chi connectivity index (χ4v) is 4.43. The van der Waals surface area contributed by atoms with Crippen molar-refractivity contribution in [3.8, 4) is 0 Å². The molecule has 3 heteroatoms. The van der Waals surface area contributed by atoms with Gasteiger partial charge in [-0.25, -0.2) is 0 Å². The van der Waals surface area contributed by atoms with Crippen LogP contribution in [0.3, 0.4) is 0 Å². The van der Waals surface area contributed by atoms with Crippen molar-refractivity contribution in [3.63, 3.8) is 0 Å².